The number of hydrogen-bond donors (Lipinski definition) is 1. The number of nitrogens with one attached hydrogen (secondary N) is 1. The van der Waals surface area contributed by atoms with Crippen LogP contribution < -0.4 is 0 Å². The fourth-order valence-corrected chi connectivity index (χ4v) is 2.89. The molecular weight excluding hydrogens is 268 g/mol. The van der Waals surface area contributed by atoms with Crippen molar-refractivity contribution in [3.63, 3.8) is 0 Å². The van der Waals surface area contributed by atoms with Crippen LogP contribution in [0, 0.1) is 5.92 Å². The van der Waals surface area contributed by atoms with E-state index in [-0.39, 0.29) is 5.78 Å². The Kier molecular flexibility index (Phi) is 3.75. The number of benzene rings is 1. The summed E-state index contributed by atoms with van der Waals surface area (Å²) in [5.41, 5.74) is 2.29. The third-order valence-electron chi connectivity index (χ3n) is 4.06. The summed E-state index contributed by atoms with van der Waals surface area (Å²) in [6, 6.07) is 8.12. The number of para-hydroxylation sites is 1. The second-order valence-electron chi connectivity index (χ2n) is 5.39. The van der Waals surface area contributed by atoms with Crippen LogP contribution in [0.3, 0.4) is 0 Å². The first-order chi connectivity index (χ1) is 10.2. The average molecular weight is 286 g/mol. The van der Waals surface area contributed by atoms with Crippen molar-refractivity contribution in [1.29, 1.82) is 0 Å². The SMILES string of the molecule is COC(=O)C1CN(Cc2c[nH]c3ccccc23)CCC1=O. The van der Waals surface area contributed by atoms with E-state index < -0.39 is 11.9 Å². The summed E-state index contributed by atoms with van der Waals surface area (Å²) in [4.78, 5) is 28.9. The topological polar surface area (TPSA) is 62.4 Å². The Morgan fingerprint density at radius 1 is 1.43 bits per heavy atom. The van der Waals surface area contributed by atoms with Crippen LogP contribution in [0.4, 0.5) is 0 Å². The van der Waals surface area contributed by atoms with Crippen LogP contribution in [0.1, 0.15) is 12.0 Å². The number of H-pyrrole nitrogens is 1. The van der Waals surface area contributed by atoms with Gasteiger partial charge in [0.1, 0.15) is 11.7 Å². The van der Waals surface area contributed by atoms with Gasteiger partial charge in [0.25, 0.3) is 0 Å². The summed E-state index contributed by atoms with van der Waals surface area (Å²) >= 11 is 0. The Morgan fingerprint density at radius 3 is 3.05 bits per heavy atom. The lowest BCUT2D eigenvalue weighted by atomic mass is 9.96. The summed E-state index contributed by atoms with van der Waals surface area (Å²) in [7, 11) is 1.33. The van der Waals surface area contributed by atoms with Crippen molar-refractivity contribution in [2.45, 2.75) is 13.0 Å². The summed E-state index contributed by atoms with van der Waals surface area (Å²) in [6.07, 6.45) is 2.40. The molecule has 2 heterocycles. The molecule has 0 saturated carbocycles. The Morgan fingerprint density at radius 2 is 2.24 bits per heavy atom. The van der Waals surface area contributed by atoms with E-state index in [1.54, 1.807) is 0 Å². The maximum Gasteiger partial charge on any atom is 0.317 e. The first-order valence-electron chi connectivity index (χ1n) is 7.07. The van der Waals surface area contributed by atoms with Gasteiger partial charge in [0.2, 0.25) is 0 Å². The fourth-order valence-electron chi connectivity index (χ4n) is 2.89. The standard InChI is InChI=1S/C16H18N2O3/c1-21-16(20)13-10-18(7-6-15(13)19)9-11-8-17-14-5-3-2-4-12(11)14/h2-5,8,13,17H,6-7,9-10H2,1H3. The Bertz CT molecular complexity index is 669. The number of aromatic amines is 1. The van der Waals surface area contributed by atoms with Crippen molar-refractivity contribution < 1.29 is 14.3 Å². The smallest absolute Gasteiger partial charge is 0.317 e. The quantitative estimate of drug-likeness (QED) is 0.689. The van der Waals surface area contributed by atoms with Crippen molar-refractivity contribution in [2.24, 2.45) is 5.92 Å². The van der Waals surface area contributed by atoms with Gasteiger partial charge in [0, 0.05) is 43.2 Å². The van der Waals surface area contributed by atoms with Crippen molar-refractivity contribution in [3.8, 4) is 0 Å². The molecule has 0 aliphatic carbocycles. The highest BCUT2D eigenvalue weighted by atomic mass is 16.5. The van der Waals surface area contributed by atoms with Crippen LogP contribution in [0.25, 0.3) is 10.9 Å². The van der Waals surface area contributed by atoms with Crippen LogP contribution in [0.5, 0.6) is 0 Å². The number of piperidine rings is 1. The summed E-state index contributed by atoms with van der Waals surface area (Å²) in [5, 5.41) is 1.18. The summed E-state index contributed by atoms with van der Waals surface area (Å²) in [5.74, 6) is -1.09. The molecule has 0 spiro atoms. The van der Waals surface area contributed by atoms with Gasteiger partial charge in [-0.25, -0.2) is 0 Å². The van der Waals surface area contributed by atoms with E-state index in [1.807, 2.05) is 24.4 Å². The lowest BCUT2D eigenvalue weighted by Gasteiger charge is -2.30. The molecule has 1 aliphatic heterocycles. The normalized spacial score (nSPS) is 19.9. The highest BCUT2D eigenvalue weighted by Gasteiger charge is 2.33. The molecule has 0 radical (unpaired) electrons. The molecule has 0 bridgehead atoms. The van der Waals surface area contributed by atoms with Gasteiger partial charge < -0.3 is 9.72 Å². The molecule has 1 saturated heterocycles. The average Bonchev–Trinajstić information content (AvgIpc) is 2.92. The number of nitrogens with zero attached hydrogens (tertiary/aromatic N) is 1. The van der Waals surface area contributed by atoms with Gasteiger partial charge in [-0.15, -0.1) is 0 Å². The second kappa shape index (κ2) is 5.69. The third kappa shape index (κ3) is 2.69. The molecule has 110 valence electrons. The van der Waals surface area contributed by atoms with Gasteiger partial charge in [0.05, 0.1) is 7.11 Å². The number of likely N-dealkylation sites (tertiary alicyclic amines) is 1. The van der Waals surface area contributed by atoms with E-state index in [2.05, 4.69) is 16.0 Å². The number of hydrogen-bond acceptors (Lipinski definition) is 4. The van der Waals surface area contributed by atoms with Crippen molar-refractivity contribution in [1.82, 2.24) is 9.88 Å². The first-order valence-corrected chi connectivity index (χ1v) is 7.07. The van der Waals surface area contributed by atoms with E-state index >= 15 is 0 Å². The number of Topliss-reactive ketones (excluding diaryl/α,β-unsaturated/α-hetero) is 1. The van der Waals surface area contributed by atoms with E-state index in [9.17, 15) is 9.59 Å². The predicted molar refractivity (Wildman–Crippen MR) is 78.7 cm³/mol. The number of ether oxygens (including phenoxy) is 1. The zero-order valence-corrected chi connectivity index (χ0v) is 12.0. The van der Waals surface area contributed by atoms with Gasteiger partial charge in [-0.05, 0) is 11.6 Å². The van der Waals surface area contributed by atoms with Crippen molar-refractivity contribution >= 4 is 22.7 Å². The number of rotatable bonds is 3. The molecule has 1 aromatic heterocycles. The van der Waals surface area contributed by atoms with E-state index in [0.717, 1.165) is 12.1 Å². The molecule has 5 heteroatoms. The van der Waals surface area contributed by atoms with Gasteiger partial charge in [-0.3, -0.25) is 14.5 Å². The molecule has 0 amide bonds. The number of carbonyl (C=O) groups excluding carboxylic acids is 2. The minimum atomic E-state index is -0.644. The number of methoxy groups -OCH3 is 1. The van der Waals surface area contributed by atoms with E-state index in [1.165, 1.54) is 18.1 Å². The minimum Gasteiger partial charge on any atom is -0.468 e. The zero-order chi connectivity index (χ0) is 14.8. The molecule has 1 N–H and O–H groups in total. The molecule has 3 rings (SSSR count). The predicted octanol–water partition coefficient (Wildman–Crippen LogP) is 1.73. The second-order valence-corrected chi connectivity index (χ2v) is 5.39. The number of carbonyl (C=O) groups is 2. The molecule has 2 aromatic rings. The largest absolute Gasteiger partial charge is 0.468 e. The lowest BCUT2D eigenvalue weighted by Crippen LogP contribution is -2.44. The fraction of sp³-hybridized carbons (Fsp3) is 0.375. The van der Waals surface area contributed by atoms with Crippen molar-refractivity contribution in [3.05, 3.63) is 36.0 Å². The van der Waals surface area contributed by atoms with Crippen LogP contribution >= 0.6 is 0 Å². The van der Waals surface area contributed by atoms with Crippen LogP contribution in [-0.2, 0) is 20.9 Å². The number of aromatic nitrogens is 1. The minimum absolute atomic E-state index is 0.0166. The van der Waals surface area contributed by atoms with Crippen LogP contribution in [0.2, 0.25) is 0 Å². The van der Waals surface area contributed by atoms with Crippen LogP contribution in [0.15, 0.2) is 30.5 Å². The number of ketones is 1. The summed E-state index contributed by atoms with van der Waals surface area (Å²) < 4.78 is 4.72. The Balaban J connectivity index is 1.76. The Labute approximate surface area is 122 Å². The molecule has 1 unspecified atom stereocenters. The monoisotopic (exact) mass is 286 g/mol. The molecule has 5 nitrogen and oxygen atoms in total. The molecule has 1 aromatic carbocycles. The molecular formula is C16H18N2O3. The number of esters is 1. The maximum absolute atomic E-state index is 11.8. The molecule has 1 fully saturated rings. The van der Waals surface area contributed by atoms with Gasteiger partial charge in [0.15, 0.2) is 0 Å². The van der Waals surface area contributed by atoms with Gasteiger partial charge in [-0.1, -0.05) is 18.2 Å². The van der Waals surface area contributed by atoms with Crippen LogP contribution in [-0.4, -0.2) is 41.8 Å². The van der Waals surface area contributed by atoms with Gasteiger partial charge >= 0.3 is 5.97 Å². The summed E-state index contributed by atoms with van der Waals surface area (Å²) in [6.45, 7) is 1.85. The van der Waals surface area contributed by atoms with Crippen molar-refractivity contribution in [2.75, 3.05) is 20.2 Å². The van der Waals surface area contributed by atoms with Gasteiger partial charge in [-0.2, -0.15) is 0 Å². The maximum atomic E-state index is 11.8. The third-order valence-corrected chi connectivity index (χ3v) is 4.06. The zero-order valence-electron chi connectivity index (χ0n) is 12.0. The molecule has 1 atom stereocenters. The van der Waals surface area contributed by atoms with E-state index in [0.29, 0.717) is 19.5 Å². The molecule has 21 heavy (non-hydrogen) atoms. The Hall–Kier alpha value is -2.14. The lowest BCUT2D eigenvalue weighted by molar-refractivity contribution is -0.152. The molecule has 1 aliphatic rings. The highest BCUT2D eigenvalue weighted by molar-refractivity contribution is 5.99. The number of fused-ring (bicyclic) bond motifs is 1. The highest BCUT2D eigenvalue weighted by Crippen LogP contribution is 2.22. The van der Waals surface area contributed by atoms with E-state index in [4.69, 9.17) is 4.74 Å². The first kappa shape index (κ1) is 13.8.